The van der Waals surface area contributed by atoms with Crippen molar-refractivity contribution in [1.82, 2.24) is 15.2 Å². The number of nitrogens with zero attached hydrogens (tertiary/aromatic N) is 2. The Hall–Kier alpha value is -3.26. The number of nitrogens with one attached hydrogen (secondary N) is 2. The van der Waals surface area contributed by atoms with Crippen LogP contribution in [0.5, 0.6) is 11.5 Å². The van der Waals surface area contributed by atoms with Crippen molar-refractivity contribution >= 4 is 16.7 Å². The molecular formula is C29H33ClN4O3. The van der Waals surface area contributed by atoms with Crippen molar-refractivity contribution in [2.75, 3.05) is 71.5 Å². The largest absolute Gasteiger partial charge is 1.00 e. The van der Waals surface area contributed by atoms with Gasteiger partial charge in [0.05, 0.1) is 38.9 Å². The third-order valence-corrected chi connectivity index (χ3v) is 7.33. The van der Waals surface area contributed by atoms with Crippen LogP contribution in [0, 0.1) is 0 Å². The van der Waals surface area contributed by atoms with Gasteiger partial charge in [-0.2, -0.15) is 0 Å². The molecule has 0 bridgehead atoms. The van der Waals surface area contributed by atoms with Gasteiger partial charge in [-0.3, -0.25) is 0 Å². The third kappa shape index (κ3) is 4.75. The van der Waals surface area contributed by atoms with Crippen LogP contribution in [-0.4, -0.2) is 66.6 Å². The van der Waals surface area contributed by atoms with Crippen LogP contribution in [0.2, 0.25) is 0 Å². The highest BCUT2D eigenvalue weighted by Crippen LogP contribution is 2.47. The van der Waals surface area contributed by atoms with E-state index in [1.807, 2.05) is 18.2 Å². The van der Waals surface area contributed by atoms with Crippen LogP contribution in [0.3, 0.4) is 0 Å². The van der Waals surface area contributed by atoms with Crippen molar-refractivity contribution in [3.8, 4) is 33.9 Å². The molecule has 4 aliphatic rings. The lowest BCUT2D eigenvalue weighted by Gasteiger charge is -2.29. The summed E-state index contributed by atoms with van der Waals surface area (Å²) in [4.78, 5) is 2.41. The standard InChI is InChI=1S/C29H33N4O3.ClH/c1-34-24-4-3-5-25(35-2)29(24)28-22-8-6-20(32-14-10-30-11-15-32)18-26(22)36-27-19-21(7-9-23(27)28)33-16-12-31-13-17-33;/h3-9,18-19,30-31H,10-17H2,1-2H3;1H/q+1;/p-1. The molecule has 2 aromatic carbocycles. The van der Waals surface area contributed by atoms with E-state index >= 15 is 0 Å². The fraction of sp³-hybridized carbons (Fsp3) is 0.345. The second-order valence-electron chi connectivity index (χ2n) is 9.35. The molecule has 8 heteroatoms. The molecule has 194 valence electrons. The van der Waals surface area contributed by atoms with Gasteiger partial charge in [0.15, 0.2) is 13.1 Å². The molecule has 2 fully saturated rings. The number of rotatable bonds is 4. The van der Waals surface area contributed by atoms with Crippen molar-refractivity contribution in [2.45, 2.75) is 0 Å². The highest BCUT2D eigenvalue weighted by molar-refractivity contribution is 6.05. The van der Waals surface area contributed by atoms with Crippen LogP contribution in [0.25, 0.3) is 33.4 Å². The number of hydrogen-bond donors (Lipinski definition) is 2. The van der Waals surface area contributed by atoms with Crippen molar-refractivity contribution in [2.24, 2.45) is 0 Å². The first-order valence-corrected chi connectivity index (χ1v) is 12.7. The molecule has 0 atom stereocenters. The minimum atomic E-state index is 0. The lowest BCUT2D eigenvalue weighted by Crippen LogP contribution is -3.00. The molecular weight excluding hydrogens is 488 g/mol. The van der Waals surface area contributed by atoms with E-state index in [0.717, 1.165) is 97.3 Å². The van der Waals surface area contributed by atoms with E-state index in [0.29, 0.717) is 0 Å². The zero-order chi connectivity index (χ0) is 24.5. The Labute approximate surface area is 223 Å². The van der Waals surface area contributed by atoms with Gasteiger partial charge in [-0.05, 0) is 30.3 Å². The first kappa shape index (κ1) is 25.4. The van der Waals surface area contributed by atoms with Gasteiger partial charge < -0.3 is 41.8 Å². The van der Waals surface area contributed by atoms with Crippen molar-refractivity contribution in [3.63, 3.8) is 0 Å². The maximum absolute atomic E-state index is 6.65. The Kier molecular flexibility index (Phi) is 7.55. The van der Waals surface area contributed by atoms with E-state index in [-0.39, 0.29) is 12.4 Å². The van der Waals surface area contributed by atoms with Crippen molar-refractivity contribution in [3.05, 3.63) is 60.0 Å². The third-order valence-electron chi connectivity index (χ3n) is 7.33. The van der Waals surface area contributed by atoms with Crippen molar-refractivity contribution in [1.29, 1.82) is 0 Å². The second-order valence-corrected chi connectivity index (χ2v) is 9.35. The quantitative estimate of drug-likeness (QED) is 0.292. The Balaban J connectivity index is 0.00000280. The van der Waals surface area contributed by atoms with Gasteiger partial charge in [0.25, 0.3) is 0 Å². The molecule has 3 heterocycles. The lowest BCUT2D eigenvalue weighted by atomic mass is 9.92. The summed E-state index contributed by atoms with van der Waals surface area (Å²) in [5.74, 6) is 2.42. The molecule has 37 heavy (non-hydrogen) atoms. The molecule has 2 aromatic rings. The average molecular weight is 521 g/mol. The van der Waals surface area contributed by atoms with Gasteiger partial charge in [-0.1, -0.05) is 6.07 Å². The van der Waals surface area contributed by atoms with E-state index in [1.54, 1.807) is 14.2 Å². The second kappa shape index (κ2) is 11.0. The SMILES string of the molecule is COc1cccc(OC)c1-c1c2ccc(=[N+]3CCNCC3)cc-2oc2cc(N3CCNCC3)ccc12.[Cl-]. The van der Waals surface area contributed by atoms with Gasteiger partial charge in [0, 0.05) is 60.5 Å². The van der Waals surface area contributed by atoms with Gasteiger partial charge in [0.2, 0.25) is 5.36 Å². The molecule has 2 N–H and O–H groups in total. The smallest absolute Gasteiger partial charge is 0.203 e. The Morgan fingerprint density at radius 2 is 1.51 bits per heavy atom. The molecule has 3 aliphatic heterocycles. The van der Waals surface area contributed by atoms with E-state index in [4.69, 9.17) is 13.9 Å². The minimum absolute atomic E-state index is 0. The topological polar surface area (TPSA) is 61.9 Å². The summed E-state index contributed by atoms with van der Waals surface area (Å²) in [7, 11) is 3.42. The fourth-order valence-corrected chi connectivity index (χ4v) is 5.47. The van der Waals surface area contributed by atoms with Crippen LogP contribution in [0.1, 0.15) is 0 Å². The summed E-state index contributed by atoms with van der Waals surface area (Å²) >= 11 is 0. The normalized spacial score (nSPS) is 16.1. The monoisotopic (exact) mass is 520 g/mol. The number of piperazine rings is 2. The molecule has 2 saturated heterocycles. The fourth-order valence-electron chi connectivity index (χ4n) is 5.47. The number of ether oxygens (including phenoxy) is 2. The maximum Gasteiger partial charge on any atom is 0.203 e. The van der Waals surface area contributed by atoms with Gasteiger partial charge >= 0.3 is 0 Å². The average Bonchev–Trinajstić information content (AvgIpc) is 2.95. The predicted octanol–water partition coefficient (Wildman–Crippen LogP) is 0.0108. The molecule has 0 amide bonds. The zero-order valence-corrected chi connectivity index (χ0v) is 22.1. The summed E-state index contributed by atoms with van der Waals surface area (Å²) in [5, 5.41) is 9.10. The first-order valence-electron chi connectivity index (χ1n) is 12.7. The summed E-state index contributed by atoms with van der Waals surface area (Å²) in [6, 6.07) is 19.1. The van der Waals surface area contributed by atoms with E-state index < -0.39 is 0 Å². The molecule has 0 saturated carbocycles. The zero-order valence-electron chi connectivity index (χ0n) is 21.4. The van der Waals surface area contributed by atoms with Gasteiger partial charge in [-0.25, -0.2) is 4.58 Å². The summed E-state index contributed by atoms with van der Waals surface area (Å²) < 4.78 is 20.7. The van der Waals surface area contributed by atoms with E-state index in [9.17, 15) is 0 Å². The van der Waals surface area contributed by atoms with Crippen molar-refractivity contribution < 1.29 is 26.3 Å². The van der Waals surface area contributed by atoms with Crippen LogP contribution >= 0.6 is 0 Å². The number of anilines is 1. The summed E-state index contributed by atoms with van der Waals surface area (Å²) in [6.07, 6.45) is 0. The van der Waals surface area contributed by atoms with Crippen LogP contribution in [0.4, 0.5) is 5.69 Å². The minimum Gasteiger partial charge on any atom is -1.00 e. The molecule has 7 nitrogen and oxygen atoms in total. The van der Waals surface area contributed by atoms with Crippen LogP contribution < -0.4 is 47.3 Å². The first-order chi connectivity index (χ1) is 17.8. The number of benzene rings is 3. The molecule has 0 spiro atoms. The lowest BCUT2D eigenvalue weighted by molar-refractivity contribution is -0.00000823. The Morgan fingerprint density at radius 3 is 2.22 bits per heavy atom. The molecule has 0 unspecified atom stereocenters. The molecule has 0 aromatic heterocycles. The van der Waals surface area contributed by atoms with Crippen LogP contribution in [-0.2, 0) is 0 Å². The van der Waals surface area contributed by atoms with Crippen LogP contribution in [0.15, 0.2) is 59.0 Å². The van der Waals surface area contributed by atoms with E-state index in [2.05, 4.69) is 56.5 Å². The number of methoxy groups -OCH3 is 2. The molecule has 0 radical (unpaired) electrons. The maximum atomic E-state index is 6.65. The van der Waals surface area contributed by atoms with Gasteiger partial charge in [-0.15, -0.1) is 0 Å². The van der Waals surface area contributed by atoms with Gasteiger partial charge in [0.1, 0.15) is 22.8 Å². The molecule has 6 rings (SSSR count). The number of halogens is 1. The highest BCUT2D eigenvalue weighted by atomic mass is 35.5. The number of hydrogen-bond acceptors (Lipinski definition) is 6. The summed E-state index contributed by atoms with van der Waals surface area (Å²) in [6.45, 7) is 7.90. The summed E-state index contributed by atoms with van der Waals surface area (Å²) in [5.41, 5.74) is 5.10. The van der Waals surface area contributed by atoms with E-state index in [1.165, 1.54) is 11.0 Å². The Bertz CT molecular complexity index is 1410. The Morgan fingerprint density at radius 1 is 0.811 bits per heavy atom. The highest BCUT2D eigenvalue weighted by Gasteiger charge is 2.24. The molecule has 1 aliphatic carbocycles. The predicted molar refractivity (Wildman–Crippen MR) is 144 cm³/mol. The number of fused-ring (bicyclic) bond motifs is 2.